The molecule has 9 heteroatoms. The van der Waals surface area contributed by atoms with Crippen molar-refractivity contribution in [2.45, 2.75) is 46.7 Å². The highest BCUT2D eigenvalue weighted by atomic mass is 35.5. The second-order valence-corrected chi connectivity index (χ2v) is 10.5. The summed E-state index contributed by atoms with van der Waals surface area (Å²) in [5.41, 5.74) is 2.90. The Hall–Kier alpha value is -2.58. The third-order valence-electron chi connectivity index (χ3n) is 5.26. The number of benzene rings is 2. The minimum Gasteiger partial charge on any atom is -0.354 e. The van der Waals surface area contributed by atoms with E-state index in [0.717, 1.165) is 33.7 Å². The highest BCUT2D eigenvalue weighted by Crippen LogP contribution is 2.24. The number of carbonyl (C=O) groups is 2. The number of rotatable bonds is 10. The molecule has 2 amide bonds. The van der Waals surface area contributed by atoms with E-state index in [9.17, 15) is 18.0 Å². The topological polar surface area (TPSA) is 86.8 Å². The molecule has 0 aromatic heterocycles. The summed E-state index contributed by atoms with van der Waals surface area (Å²) >= 11 is 6.10. The van der Waals surface area contributed by atoms with E-state index >= 15 is 0 Å². The SMILES string of the molecule is CCCNC(=O)C(C)N(Cc1cccc(Cl)c1)C(=O)CN(c1ccc(C)cc1C)S(C)(=O)=O. The molecule has 0 spiro atoms. The number of anilines is 1. The molecular formula is C24H32ClN3O4S. The summed E-state index contributed by atoms with van der Waals surface area (Å²) in [5, 5.41) is 3.31. The quantitative estimate of drug-likeness (QED) is 0.547. The molecule has 2 aromatic rings. The van der Waals surface area contributed by atoms with Crippen LogP contribution in [-0.4, -0.2) is 50.5 Å². The molecule has 1 atom stereocenters. The Morgan fingerprint density at radius 1 is 1.12 bits per heavy atom. The van der Waals surface area contributed by atoms with Crippen LogP contribution in [0.4, 0.5) is 5.69 Å². The van der Waals surface area contributed by atoms with Crippen LogP contribution in [0.15, 0.2) is 42.5 Å². The van der Waals surface area contributed by atoms with E-state index in [4.69, 9.17) is 11.6 Å². The summed E-state index contributed by atoms with van der Waals surface area (Å²) in [7, 11) is -3.76. The van der Waals surface area contributed by atoms with Crippen LogP contribution in [0.25, 0.3) is 0 Å². The lowest BCUT2D eigenvalue weighted by molar-refractivity contribution is -0.139. The van der Waals surface area contributed by atoms with Crippen LogP contribution in [0.1, 0.15) is 37.0 Å². The molecule has 0 aliphatic rings. The highest BCUT2D eigenvalue weighted by Gasteiger charge is 2.30. The number of aryl methyl sites for hydroxylation is 2. The summed E-state index contributed by atoms with van der Waals surface area (Å²) in [6.45, 7) is 7.47. The van der Waals surface area contributed by atoms with Gasteiger partial charge in [0, 0.05) is 18.1 Å². The fourth-order valence-corrected chi connectivity index (χ4v) is 4.61. The summed E-state index contributed by atoms with van der Waals surface area (Å²) in [4.78, 5) is 27.5. The lowest BCUT2D eigenvalue weighted by Gasteiger charge is -2.32. The minimum absolute atomic E-state index is 0.116. The smallest absolute Gasteiger partial charge is 0.244 e. The first-order valence-electron chi connectivity index (χ1n) is 10.8. The fraction of sp³-hybridized carbons (Fsp3) is 0.417. The van der Waals surface area contributed by atoms with Gasteiger partial charge in [-0.05, 0) is 56.5 Å². The van der Waals surface area contributed by atoms with Crippen molar-refractivity contribution < 1.29 is 18.0 Å². The molecule has 2 aromatic carbocycles. The van der Waals surface area contributed by atoms with Crippen molar-refractivity contribution >= 4 is 39.1 Å². The molecule has 0 aliphatic carbocycles. The monoisotopic (exact) mass is 493 g/mol. The van der Waals surface area contributed by atoms with Crippen LogP contribution < -0.4 is 9.62 Å². The van der Waals surface area contributed by atoms with E-state index in [1.165, 1.54) is 4.90 Å². The second kappa shape index (κ2) is 11.5. The van der Waals surface area contributed by atoms with Gasteiger partial charge in [-0.3, -0.25) is 13.9 Å². The van der Waals surface area contributed by atoms with Gasteiger partial charge in [-0.2, -0.15) is 0 Å². The summed E-state index contributed by atoms with van der Waals surface area (Å²) in [6, 6.07) is 11.6. The third kappa shape index (κ3) is 7.47. The number of nitrogens with one attached hydrogen (secondary N) is 1. The van der Waals surface area contributed by atoms with Gasteiger partial charge in [0.05, 0.1) is 11.9 Å². The van der Waals surface area contributed by atoms with E-state index in [1.54, 1.807) is 50.2 Å². The van der Waals surface area contributed by atoms with Crippen molar-refractivity contribution in [3.05, 3.63) is 64.2 Å². The zero-order valence-electron chi connectivity index (χ0n) is 19.8. The van der Waals surface area contributed by atoms with Crippen LogP contribution in [-0.2, 0) is 26.2 Å². The molecule has 33 heavy (non-hydrogen) atoms. The van der Waals surface area contributed by atoms with Gasteiger partial charge in [-0.15, -0.1) is 0 Å². The Labute approximate surface area is 201 Å². The van der Waals surface area contributed by atoms with Crippen LogP contribution >= 0.6 is 11.6 Å². The Kier molecular flexibility index (Phi) is 9.31. The van der Waals surface area contributed by atoms with E-state index in [1.807, 2.05) is 19.9 Å². The third-order valence-corrected chi connectivity index (χ3v) is 6.62. The largest absolute Gasteiger partial charge is 0.354 e. The molecule has 0 fully saturated rings. The van der Waals surface area contributed by atoms with Gasteiger partial charge < -0.3 is 10.2 Å². The molecular weight excluding hydrogens is 462 g/mol. The molecule has 0 bridgehead atoms. The molecule has 0 radical (unpaired) electrons. The maximum atomic E-state index is 13.5. The van der Waals surface area contributed by atoms with Crippen LogP contribution in [0.2, 0.25) is 5.02 Å². The molecule has 1 N–H and O–H groups in total. The molecule has 0 saturated heterocycles. The Morgan fingerprint density at radius 2 is 1.82 bits per heavy atom. The van der Waals surface area contributed by atoms with Crippen LogP contribution in [0.3, 0.4) is 0 Å². The number of hydrogen-bond donors (Lipinski definition) is 1. The number of carbonyl (C=O) groups excluding carboxylic acids is 2. The van der Waals surface area contributed by atoms with E-state index in [0.29, 0.717) is 17.3 Å². The van der Waals surface area contributed by atoms with Crippen molar-refractivity contribution in [2.24, 2.45) is 0 Å². The minimum atomic E-state index is -3.76. The maximum absolute atomic E-state index is 13.5. The standard InChI is InChI=1S/C24H32ClN3O4S/c1-6-12-26-24(30)19(4)27(15-20-8-7-9-21(25)14-20)23(29)16-28(33(5,31)32)22-11-10-17(2)13-18(22)3/h7-11,13-14,19H,6,12,15-16H2,1-5H3,(H,26,30). The number of amides is 2. The van der Waals surface area contributed by atoms with E-state index < -0.39 is 28.5 Å². The first-order chi connectivity index (χ1) is 15.4. The first kappa shape index (κ1) is 26.7. The second-order valence-electron chi connectivity index (χ2n) is 8.18. The lowest BCUT2D eigenvalue weighted by Crippen LogP contribution is -2.51. The van der Waals surface area contributed by atoms with Crippen LogP contribution in [0, 0.1) is 13.8 Å². The predicted octanol–water partition coefficient (Wildman–Crippen LogP) is 3.67. The van der Waals surface area contributed by atoms with Gasteiger partial charge >= 0.3 is 0 Å². The number of sulfonamides is 1. The summed E-state index contributed by atoms with van der Waals surface area (Å²) < 4.78 is 26.4. The Balaban J connectivity index is 2.40. The zero-order chi connectivity index (χ0) is 24.8. The summed E-state index contributed by atoms with van der Waals surface area (Å²) in [5.74, 6) is -0.788. The van der Waals surface area contributed by atoms with Crippen molar-refractivity contribution in [1.29, 1.82) is 0 Å². The molecule has 0 aliphatic heterocycles. The molecule has 7 nitrogen and oxygen atoms in total. The fourth-order valence-electron chi connectivity index (χ4n) is 3.49. The number of hydrogen-bond acceptors (Lipinski definition) is 4. The molecule has 180 valence electrons. The van der Waals surface area contributed by atoms with Crippen molar-refractivity contribution in [2.75, 3.05) is 23.7 Å². The van der Waals surface area contributed by atoms with Crippen molar-refractivity contribution in [3.8, 4) is 0 Å². The highest BCUT2D eigenvalue weighted by molar-refractivity contribution is 7.92. The van der Waals surface area contributed by atoms with Crippen molar-refractivity contribution in [1.82, 2.24) is 10.2 Å². The molecule has 1 unspecified atom stereocenters. The van der Waals surface area contributed by atoms with Gasteiger partial charge in [0.25, 0.3) is 0 Å². The number of nitrogens with zero attached hydrogens (tertiary/aromatic N) is 2. The summed E-state index contributed by atoms with van der Waals surface area (Å²) in [6.07, 6.45) is 1.83. The molecule has 2 rings (SSSR count). The average molecular weight is 494 g/mol. The Morgan fingerprint density at radius 3 is 2.39 bits per heavy atom. The van der Waals surface area contributed by atoms with Gasteiger partial charge in [0.15, 0.2) is 0 Å². The van der Waals surface area contributed by atoms with Gasteiger partial charge in [0.1, 0.15) is 12.6 Å². The van der Waals surface area contributed by atoms with Gasteiger partial charge in [-0.25, -0.2) is 8.42 Å². The average Bonchev–Trinajstić information content (AvgIpc) is 2.73. The Bertz CT molecular complexity index is 1100. The normalized spacial score (nSPS) is 12.2. The molecule has 0 saturated carbocycles. The first-order valence-corrected chi connectivity index (χ1v) is 13.0. The lowest BCUT2D eigenvalue weighted by atomic mass is 10.1. The van der Waals surface area contributed by atoms with Gasteiger partial charge in [-0.1, -0.05) is 48.4 Å². The maximum Gasteiger partial charge on any atom is 0.244 e. The van der Waals surface area contributed by atoms with E-state index in [-0.39, 0.29) is 12.5 Å². The molecule has 0 heterocycles. The van der Waals surface area contributed by atoms with E-state index in [2.05, 4.69) is 5.32 Å². The zero-order valence-corrected chi connectivity index (χ0v) is 21.3. The number of halogens is 1. The van der Waals surface area contributed by atoms with Crippen molar-refractivity contribution in [3.63, 3.8) is 0 Å². The van der Waals surface area contributed by atoms with Crippen LogP contribution in [0.5, 0.6) is 0 Å². The van der Waals surface area contributed by atoms with Gasteiger partial charge in [0.2, 0.25) is 21.8 Å². The predicted molar refractivity (Wildman–Crippen MR) is 133 cm³/mol.